The number of hydrogen-bond acceptors (Lipinski definition) is 4. The lowest BCUT2D eigenvalue weighted by Crippen LogP contribution is -2.20. The molecule has 2 heterocycles. The van der Waals surface area contributed by atoms with Crippen molar-refractivity contribution in [1.29, 1.82) is 0 Å². The molecule has 1 saturated carbocycles. The van der Waals surface area contributed by atoms with Crippen LogP contribution in [0.2, 0.25) is 0 Å². The van der Waals surface area contributed by atoms with Gasteiger partial charge in [0.2, 0.25) is 5.13 Å². The molecule has 0 N–H and O–H groups in total. The highest BCUT2D eigenvalue weighted by Gasteiger charge is 2.36. The topological polar surface area (TPSA) is 29.0 Å². The number of fused-ring (bicyclic) bond motifs is 1. The summed E-state index contributed by atoms with van der Waals surface area (Å²) in [7, 11) is 0. The molecule has 0 aromatic carbocycles. The first kappa shape index (κ1) is 7.74. The smallest absolute Gasteiger partial charge is 0.204 e. The summed E-state index contributed by atoms with van der Waals surface area (Å²) in [5.74, 6) is 1.90. The Balaban J connectivity index is 1.76. The van der Waals surface area contributed by atoms with Crippen LogP contribution in [0.15, 0.2) is 6.33 Å². The summed E-state index contributed by atoms with van der Waals surface area (Å²) in [5.41, 5.74) is 0. The van der Waals surface area contributed by atoms with Crippen LogP contribution in [-0.4, -0.2) is 22.4 Å². The van der Waals surface area contributed by atoms with Gasteiger partial charge in [0.05, 0.1) is 0 Å². The van der Waals surface area contributed by atoms with Crippen LogP contribution >= 0.6 is 11.5 Å². The van der Waals surface area contributed by atoms with Gasteiger partial charge in [0.1, 0.15) is 6.33 Å². The zero-order valence-electron chi connectivity index (χ0n) is 7.52. The van der Waals surface area contributed by atoms with Crippen LogP contribution in [0.5, 0.6) is 0 Å². The molecule has 2 atom stereocenters. The molecule has 2 fully saturated rings. The molecule has 2 unspecified atom stereocenters. The van der Waals surface area contributed by atoms with Crippen LogP contribution in [-0.2, 0) is 0 Å². The first-order valence-corrected chi connectivity index (χ1v) is 5.72. The Morgan fingerprint density at radius 3 is 2.69 bits per heavy atom. The van der Waals surface area contributed by atoms with Gasteiger partial charge in [-0.3, -0.25) is 0 Å². The van der Waals surface area contributed by atoms with Crippen LogP contribution in [0.25, 0.3) is 0 Å². The van der Waals surface area contributed by atoms with Crippen molar-refractivity contribution in [2.75, 3.05) is 18.0 Å². The molecule has 1 aliphatic carbocycles. The molecular weight excluding hydrogens is 182 g/mol. The Kier molecular flexibility index (Phi) is 1.75. The zero-order valence-corrected chi connectivity index (χ0v) is 8.33. The van der Waals surface area contributed by atoms with Gasteiger partial charge in [0, 0.05) is 24.6 Å². The van der Waals surface area contributed by atoms with E-state index in [0.29, 0.717) is 0 Å². The minimum Gasteiger partial charge on any atom is -0.346 e. The average molecular weight is 195 g/mol. The third kappa shape index (κ3) is 1.24. The van der Waals surface area contributed by atoms with E-state index in [4.69, 9.17) is 0 Å². The Morgan fingerprint density at radius 2 is 2.08 bits per heavy atom. The molecule has 1 saturated heterocycles. The van der Waals surface area contributed by atoms with Crippen LogP contribution < -0.4 is 4.90 Å². The molecule has 1 aromatic rings. The number of aromatic nitrogens is 2. The maximum absolute atomic E-state index is 4.26. The van der Waals surface area contributed by atoms with Crippen LogP contribution in [0.4, 0.5) is 5.13 Å². The standard InChI is InChI=1S/C9H13N3S/c1-2-7-4-12(5-8(7)3-1)9-10-6-11-13-9/h6-8H,1-5H2. The lowest BCUT2D eigenvalue weighted by molar-refractivity contribution is 0.494. The minimum atomic E-state index is 0.948. The molecule has 13 heavy (non-hydrogen) atoms. The second-order valence-electron chi connectivity index (χ2n) is 4.08. The summed E-state index contributed by atoms with van der Waals surface area (Å²) in [6.07, 6.45) is 5.97. The third-order valence-electron chi connectivity index (χ3n) is 3.35. The van der Waals surface area contributed by atoms with Gasteiger partial charge in [0.25, 0.3) is 0 Å². The van der Waals surface area contributed by atoms with Gasteiger partial charge in [0.15, 0.2) is 0 Å². The van der Waals surface area contributed by atoms with Crippen molar-refractivity contribution in [3.8, 4) is 0 Å². The highest BCUT2D eigenvalue weighted by atomic mass is 32.1. The predicted octanol–water partition coefficient (Wildman–Crippen LogP) is 1.77. The molecule has 4 heteroatoms. The summed E-state index contributed by atoms with van der Waals surface area (Å²) >= 11 is 1.52. The number of rotatable bonds is 1. The van der Waals surface area contributed by atoms with Gasteiger partial charge in [-0.15, -0.1) is 0 Å². The first-order chi connectivity index (χ1) is 6.43. The quantitative estimate of drug-likeness (QED) is 0.684. The van der Waals surface area contributed by atoms with Crippen LogP contribution in [0.1, 0.15) is 19.3 Å². The Morgan fingerprint density at radius 1 is 1.31 bits per heavy atom. The maximum atomic E-state index is 4.26. The zero-order chi connectivity index (χ0) is 8.67. The SMILES string of the molecule is c1nsc(N2CC3CCCC3C2)n1. The van der Waals surface area contributed by atoms with Gasteiger partial charge in [-0.2, -0.15) is 4.37 Å². The van der Waals surface area contributed by atoms with E-state index in [1.165, 1.54) is 43.9 Å². The van der Waals surface area contributed by atoms with Crippen molar-refractivity contribution in [2.45, 2.75) is 19.3 Å². The van der Waals surface area contributed by atoms with Crippen LogP contribution in [0.3, 0.4) is 0 Å². The molecule has 70 valence electrons. The highest BCUT2D eigenvalue weighted by Crippen LogP contribution is 2.39. The molecule has 0 spiro atoms. The number of hydrogen-bond donors (Lipinski definition) is 0. The Bertz CT molecular complexity index is 273. The van der Waals surface area contributed by atoms with E-state index in [1.54, 1.807) is 6.33 Å². The van der Waals surface area contributed by atoms with E-state index >= 15 is 0 Å². The van der Waals surface area contributed by atoms with Gasteiger partial charge >= 0.3 is 0 Å². The lowest BCUT2D eigenvalue weighted by atomic mass is 10.0. The molecule has 0 amide bonds. The molecule has 3 rings (SSSR count). The average Bonchev–Trinajstić information content (AvgIpc) is 2.78. The number of anilines is 1. The molecule has 0 bridgehead atoms. The molecule has 3 nitrogen and oxygen atoms in total. The second kappa shape index (κ2) is 2.94. The monoisotopic (exact) mass is 195 g/mol. The second-order valence-corrected chi connectivity index (χ2v) is 4.84. The van der Waals surface area contributed by atoms with E-state index in [9.17, 15) is 0 Å². The largest absolute Gasteiger partial charge is 0.346 e. The normalized spacial score (nSPS) is 32.5. The first-order valence-electron chi connectivity index (χ1n) is 4.95. The van der Waals surface area contributed by atoms with E-state index < -0.39 is 0 Å². The lowest BCUT2D eigenvalue weighted by Gasteiger charge is -2.14. The van der Waals surface area contributed by atoms with Crippen molar-refractivity contribution in [1.82, 2.24) is 9.36 Å². The fourth-order valence-corrected chi connectivity index (χ4v) is 3.25. The highest BCUT2D eigenvalue weighted by molar-refractivity contribution is 7.09. The van der Waals surface area contributed by atoms with Gasteiger partial charge in [-0.25, -0.2) is 4.98 Å². The van der Waals surface area contributed by atoms with Crippen molar-refractivity contribution >= 4 is 16.7 Å². The van der Waals surface area contributed by atoms with E-state index in [-0.39, 0.29) is 0 Å². The van der Waals surface area contributed by atoms with Gasteiger partial charge in [-0.05, 0) is 24.7 Å². The fraction of sp³-hybridized carbons (Fsp3) is 0.778. The summed E-state index contributed by atoms with van der Waals surface area (Å²) in [5, 5.41) is 1.12. The van der Waals surface area contributed by atoms with Crippen molar-refractivity contribution in [3.05, 3.63) is 6.33 Å². The summed E-state index contributed by atoms with van der Waals surface area (Å²) in [4.78, 5) is 6.67. The molecule has 1 aliphatic heterocycles. The predicted molar refractivity (Wildman–Crippen MR) is 53.0 cm³/mol. The molecule has 1 aromatic heterocycles. The molecule has 0 radical (unpaired) electrons. The Hall–Kier alpha value is -0.640. The number of nitrogens with zero attached hydrogens (tertiary/aromatic N) is 3. The summed E-state index contributed by atoms with van der Waals surface area (Å²) < 4.78 is 4.05. The summed E-state index contributed by atoms with van der Waals surface area (Å²) in [6, 6.07) is 0. The van der Waals surface area contributed by atoms with E-state index in [1.807, 2.05) is 0 Å². The molecular formula is C9H13N3S. The van der Waals surface area contributed by atoms with Crippen molar-refractivity contribution in [3.63, 3.8) is 0 Å². The van der Waals surface area contributed by atoms with Gasteiger partial charge in [-0.1, -0.05) is 6.42 Å². The summed E-state index contributed by atoms with van der Waals surface area (Å²) in [6.45, 7) is 2.44. The van der Waals surface area contributed by atoms with Crippen LogP contribution in [0, 0.1) is 11.8 Å². The minimum absolute atomic E-state index is 0.948. The van der Waals surface area contributed by atoms with Crippen molar-refractivity contribution < 1.29 is 0 Å². The van der Waals surface area contributed by atoms with Crippen molar-refractivity contribution in [2.24, 2.45) is 11.8 Å². The van der Waals surface area contributed by atoms with E-state index in [0.717, 1.165) is 17.0 Å². The molecule has 2 aliphatic rings. The van der Waals surface area contributed by atoms with Gasteiger partial charge < -0.3 is 4.90 Å². The fourth-order valence-electron chi connectivity index (χ4n) is 2.70. The Labute approximate surface area is 82.0 Å². The third-order valence-corrected chi connectivity index (χ3v) is 4.07. The maximum Gasteiger partial charge on any atom is 0.204 e. The van der Waals surface area contributed by atoms with E-state index in [2.05, 4.69) is 14.3 Å².